The zero-order valence-electron chi connectivity index (χ0n) is 10.7. The van der Waals surface area contributed by atoms with Gasteiger partial charge in [-0.2, -0.15) is 5.10 Å². The molecule has 0 unspecified atom stereocenters. The molecule has 7 heteroatoms. The maximum Gasteiger partial charge on any atom is 0.362 e. The third kappa shape index (κ3) is 2.70. The fourth-order valence-corrected chi connectivity index (χ4v) is 1.86. The highest BCUT2D eigenvalue weighted by molar-refractivity contribution is 6.30. The van der Waals surface area contributed by atoms with Gasteiger partial charge >= 0.3 is 5.97 Å². The summed E-state index contributed by atoms with van der Waals surface area (Å²) in [5.41, 5.74) is -0.326. The van der Waals surface area contributed by atoms with Gasteiger partial charge in [0, 0.05) is 16.8 Å². The molecule has 0 fully saturated rings. The van der Waals surface area contributed by atoms with Crippen LogP contribution >= 0.6 is 11.6 Å². The molecule has 0 aliphatic rings. The van der Waals surface area contributed by atoms with Crippen molar-refractivity contribution in [1.29, 1.82) is 0 Å². The normalized spacial score (nSPS) is 10.4. The van der Waals surface area contributed by atoms with Gasteiger partial charge in [0.2, 0.25) is 11.1 Å². The number of carbonyl (C=O) groups excluding carboxylic acids is 1. The summed E-state index contributed by atoms with van der Waals surface area (Å²) in [6.45, 7) is 1.52. The topological polar surface area (TPSA) is 61.2 Å². The summed E-state index contributed by atoms with van der Waals surface area (Å²) in [5, 5.41) is 4.04. The second-order valence-corrected chi connectivity index (χ2v) is 4.49. The fraction of sp³-hybridized carbons (Fsp3) is 0.154. The number of hydrogen-bond donors (Lipinski definition) is 0. The van der Waals surface area contributed by atoms with Crippen molar-refractivity contribution in [2.24, 2.45) is 0 Å². The van der Waals surface area contributed by atoms with Gasteiger partial charge in [-0.3, -0.25) is 4.79 Å². The molecule has 2 aromatic rings. The first-order valence-corrected chi connectivity index (χ1v) is 5.95. The first kappa shape index (κ1) is 14.2. The van der Waals surface area contributed by atoms with E-state index in [0.29, 0.717) is 5.69 Å². The minimum Gasteiger partial charge on any atom is -0.464 e. The van der Waals surface area contributed by atoms with Crippen molar-refractivity contribution in [3.05, 3.63) is 56.7 Å². The van der Waals surface area contributed by atoms with Gasteiger partial charge in [-0.05, 0) is 25.1 Å². The van der Waals surface area contributed by atoms with E-state index in [2.05, 4.69) is 9.84 Å². The van der Waals surface area contributed by atoms with E-state index >= 15 is 0 Å². The molecule has 0 amide bonds. The maximum absolute atomic E-state index is 13.3. The summed E-state index contributed by atoms with van der Waals surface area (Å²) >= 11 is 5.77. The van der Waals surface area contributed by atoms with Crippen LogP contribution in [0.2, 0.25) is 5.02 Å². The molecular weight excluding hydrogens is 287 g/mol. The molecule has 1 aromatic heterocycles. The number of esters is 1. The molecule has 0 atom stereocenters. The molecule has 0 spiro atoms. The van der Waals surface area contributed by atoms with Crippen molar-refractivity contribution >= 4 is 17.6 Å². The van der Waals surface area contributed by atoms with Gasteiger partial charge in [0.25, 0.3) is 0 Å². The predicted octanol–water partition coefficient (Wildman–Crippen LogP) is 2.12. The zero-order valence-corrected chi connectivity index (χ0v) is 11.4. The molecule has 20 heavy (non-hydrogen) atoms. The van der Waals surface area contributed by atoms with Crippen molar-refractivity contribution in [3.63, 3.8) is 0 Å². The van der Waals surface area contributed by atoms with Crippen molar-refractivity contribution in [3.8, 4) is 5.69 Å². The number of methoxy groups -OCH3 is 1. The van der Waals surface area contributed by atoms with Crippen LogP contribution in [0.15, 0.2) is 29.2 Å². The smallest absolute Gasteiger partial charge is 0.362 e. The Morgan fingerprint density at radius 1 is 1.40 bits per heavy atom. The van der Waals surface area contributed by atoms with Crippen LogP contribution in [0.1, 0.15) is 16.1 Å². The highest BCUT2D eigenvalue weighted by atomic mass is 35.5. The Hall–Kier alpha value is -2.21. The van der Waals surface area contributed by atoms with Crippen LogP contribution in [-0.4, -0.2) is 22.9 Å². The van der Waals surface area contributed by atoms with Crippen LogP contribution in [0, 0.1) is 12.7 Å². The van der Waals surface area contributed by atoms with Gasteiger partial charge in [-0.15, -0.1) is 0 Å². The fourth-order valence-electron chi connectivity index (χ4n) is 1.64. The molecule has 0 saturated carbocycles. The number of rotatable bonds is 2. The van der Waals surface area contributed by atoms with E-state index in [-0.39, 0.29) is 16.3 Å². The standard InChI is InChI=1S/C13H10ClFN2O3/c1-7-6-17(10-4-8(14)3-9(15)5-10)16-11(12(7)18)13(19)20-2/h3-6H,1-2H3. The molecule has 5 nitrogen and oxygen atoms in total. The van der Waals surface area contributed by atoms with Crippen LogP contribution in [0.3, 0.4) is 0 Å². The summed E-state index contributed by atoms with van der Waals surface area (Å²) < 4.78 is 19.0. The van der Waals surface area contributed by atoms with Crippen molar-refractivity contribution in [1.82, 2.24) is 9.78 Å². The van der Waals surface area contributed by atoms with E-state index in [0.717, 1.165) is 13.2 Å². The Balaban J connectivity index is 2.66. The minimum absolute atomic E-state index is 0.178. The maximum atomic E-state index is 13.3. The first-order chi connectivity index (χ1) is 9.42. The zero-order chi connectivity index (χ0) is 14.9. The SMILES string of the molecule is COC(=O)c1nn(-c2cc(F)cc(Cl)c2)cc(C)c1=O. The molecule has 0 aliphatic carbocycles. The molecule has 1 heterocycles. The number of nitrogens with zero attached hydrogens (tertiary/aromatic N) is 2. The van der Waals surface area contributed by atoms with E-state index < -0.39 is 17.2 Å². The van der Waals surface area contributed by atoms with Crippen LogP contribution in [0.4, 0.5) is 4.39 Å². The monoisotopic (exact) mass is 296 g/mol. The van der Waals surface area contributed by atoms with Gasteiger partial charge in [-0.25, -0.2) is 13.9 Å². The molecule has 0 saturated heterocycles. The lowest BCUT2D eigenvalue weighted by atomic mass is 10.2. The summed E-state index contributed by atoms with van der Waals surface area (Å²) in [4.78, 5) is 23.3. The largest absolute Gasteiger partial charge is 0.464 e. The average molecular weight is 297 g/mol. The van der Waals surface area contributed by atoms with E-state index in [9.17, 15) is 14.0 Å². The summed E-state index contributed by atoms with van der Waals surface area (Å²) in [6, 6.07) is 3.79. The molecule has 0 bridgehead atoms. The molecule has 2 rings (SSSR count). The summed E-state index contributed by atoms with van der Waals surface area (Å²) in [5.74, 6) is -1.40. The molecule has 0 N–H and O–H groups in total. The van der Waals surface area contributed by atoms with Crippen LogP contribution < -0.4 is 5.43 Å². The number of halogens is 2. The van der Waals surface area contributed by atoms with Crippen molar-refractivity contribution in [2.45, 2.75) is 6.92 Å². The van der Waals surface area contributed by atoms with Crippen LogP contribution in [-0.2, 0) is 4.74 Å². The molecular formula is C13H10ClFN2O3. The lowest BCUT2D eigenvalue weighted by Gasteiger charge is -2.09. The molecule has 1 aromatic carbocycles. The lowest BCUT2D eigenvalue weighted by Crippen LogP contribution is -2.24. The van der Waals surface area contributed by atoms with Gasteiger partial charge in [-0.1, -0.05) is 11.6 Å². The number of carbonyl (C=O) groups is 1. The predicted molar refractivity (Wildman–Crippen MR) is 70.9 cm³/mol. The molecule has 104 valence electrons. The first-order valence-electron chi connectivity index (χ1n) is 5.57. The highest BCUT2D eigenvalue weighted by Crippen LogP contribution is 2.17. The van der Waals surface area contributed by atoms with Gasteiger partial charge in [0.15, 0.2) is 0 Å². The number of benzene rings is 1. The Bertz CT molecular complexity index is 723. The summed E-state index contributed by atoms with van der Waals surface area (Å²) in [6.07, 6.45) is 1.39. The van der Waals surface area contributed by atoms with E-state index in [1.807, 2.05) is 0 Å². The minimum atomic E-state index is -0.852. The Kier molecular flexibility index (Phi) is 3.85. The van der Waals surface area contributed by atoms with E-state index in [4.69, 9.17) is 11.6 Å². The van der Waals surface area contributed by atoms with E-state index in [1.54, 1.807) is 0 Å². The highest BCUT2D eigenvalue weighted by Gasteiger charge is 2.16. The van der Waals surface area contributed by atoms with E-state index in [1.165, 1.54) is 29.9 Å². The Labute approximate surface area is 118 Å². The lowest BCUT2D eigenvalue weighted by molar-refractivity contribution is 0.0590. The van der Waals surface area contributed by atoms with Crippen molar-refractivity contribution in [2.75, 3.05) is 7.11 Å². The number of aromatic nitrogens is 2. The summed E-state index contributed by atoms with van der Waals surface area (Å²) in [7, 11) is 1.15. The van der Waals surface area contributed by atoms with Crippen LogP contribution in [0.25, 0.3) is 5.69 Å². The van der Waals surface area contributed by atoms with Crippen LogP contribution in [0.5, 0.6) is 0 Å². The van der Waals surface area contributed by atoms with Gasteiger partial charge in [0.05, 0.1) is 12.8 Å². The number of hydrogen-bond acceptors (Lipinski definition) is 4. The van der Waals surface area contributed by atoms with Gasteiger partial charge < -0.3 is 4.74 Å². The molecule has 0 radical (unpaired) electrons. The second kappa shape index (κ2) is 5.42. The van der Waals surface area contributed by atoms with Crippen molar-refractivity contribution < 1.29 is 13.9 Å². The van der Waals surface area contributed by atoms with Gasteiger partial charge in [0.1, 0.15) is 5.82 Å². The Morgan fingerprint density at radius 2 is 2.10 bits per heavy atom. The average Bonchev–Trinajstić information content (AvgIpc) is 2.39. The Morgan fingerprint density at radius 3 is 2.70 bits per heavy atom. The number of ether oxygens (including phenoxy) is 1. The second-order valence-electron chi connectivity index (χ2n) is 4.05. The third-order valence-corrected chi connectivity index (χ3v) is 2.81. The quantitative estimate of drug-likeness (QED) is 0.797. The molecule has 0 aliphatic heterocycles. The number of aryl methyl sites for hydroxylation is 1. The third-order valence-electron chi connectivity index (χ3n) is 2.59.